The van der Waals surface area contributed by atoms with E-state index in [1.807, 2.05) is 11.9 Å². The zero-order valence-electron chi connectivity index (χ0n) is 21.3. The second kappa shape index (κ2) is 24.9. The summed E-state index contributed by atoms with van der Waals surface area (Å²) in [5, 5.41) is 0. The van der Waals surface area contributed by atoms with Gasteiger partial charge in [0.05, 0.1) is 5.75 Å². The first-order chi connectivity index (χ1) is 12.5. The zero-order chi connectivity index (χ0) is 19.5. The van der Waals surface area contributed by atoms with Gasteiger partial charge in [-0.15, -0.1) is 0 Å². The van der Waals surface area contributed by atoms with Crippen LogP contribution in [0.4, 0.5) is 0 Å². The maximum atomic E-state index is 10.7. The van der Waals surface area contributed by atoms with E-state index in [1.54, 1.807) is 0 Å². The molecule has 0 aliphatic carbocycles. The maximum Gasteiger partial charge on any atom is 1.00 e. The van der Waals surface area contributed by atoms with Crippen molar-refractivity contribution in [1.82, 2.24) is 4.90 Å². The molecule has 0 radical (unpaired) electrons. The first kappa shape index (κ1) is 34.2. The molecule has 4 nitrogen and oxygen atoms in total. The summed E-state index contributed by atoms with van der Waals surface area (Å²) >= 11 is 0. The van der Waals surface area contributed by atoms with Crippen LogP contribution >= 0.6 is 0 Å². The molecule has 0 aromatic heterocycles. The van der Waals surface area contributed by atoms with Gasteiger partial charge in [0.2, 0.25) is 0 Å². The number of allylic oxidation sites excluding steroid dienone is 2. The minimum Gasteiger partial charge on any atom is -1.00 e. The fourth-order valence-corrected chi connectivity index (χ4v) is 3.55. The molecule has 0 heterocycles. The van der Waals surface area contributed by atoms with E-state index in [1.165, 1.54) is 83.5 Å². The summed E-state index contributed by atoms with van der Waals surface area (Å²) in [5.74, 6) is -0.171. The summed E-state index contributed by atoms with van der Waals surface area (Å²) in [6.45, 7) is 3.57. The molecule has 0 rings (SSSR count). The standard InChI is InChI=1S/C21H43NO3S.2Na.2H/c1-3-4-5-6-7-8-9-10-11-12-13-14-15-16-17-18-19-22(2)20-21-26(23,24)25;;;;/h10-11H,3-9,12-21H2,1-2H3,(H,23,24,25);;;;/q;2*+1;2*-1/b11-10-;;;;. The molecule has 0 unspecified atom stereocenters. The van der Waals surface area contributed by atoms with Crippen molar-refractivity contribution in [2.45, 2.75) is 96.8 Å². The maximum absolute atomic E-state index is 10.7. The molecule has 28 heavy (non-hydrogen) atoms. The van der Waals surface area contributed by atoms with Gasteiger partial charge < -0.3 is 7.75 Å². The molecular formula is C21H45NNa2O3S. The van der Waals surface area contributed by atoms with Crippen molar-refractivity contribution in [3.8, 4) is 0 Å². The first-order valence-corrected chi connectivity index (χ1v) is 12.4. The SMILES string of the molecule is CCCCCCCC/C=C\CCCCCCCCN(C)CCS(=O)(=O)O.[H-].[H-].[Na+].[Na+]. The number of hydrogen-bond acceptors (Lipinski definition) is 3. The Labute approximate surface area is 223 Å². The molecule has 7 heteroatoms. The summed E-state index contributed by atoms with van der Waals surface area (Å²) in [7, 11) is -1.92. The van der Waals surface area contributed by atoms with Gasteiger partial charge in [-0.3, -0.25) is 4.55 Å². The van der Waals surface area contributed by atoms with E-state index in [-0.39, 0.29) is 67.7 Å². The molecule has 0 aliphatic rings. The molecule has 160 valence electrons. The van der Waals surface area contributed by atoms with Gasteiger partial charge in [-0.25, -0.2) is 0 Å². The van der Waals surface area contributed by atoms with Crippen molar-refractivity contribution < 1.29 is 74.9 Å². The van der Waals surface area contributed by atoms with Gasteiger partial charge in [0.25, 0.3) is 10.1 Å². The molecule has 0 fully saturated rings. The van der Waals surface area contributed by atoms with Crippen LogP contribution in [0, 0.1) is 0 Å². The Bertz CT molecular complexity index is 442. The van der Waals surface area contributed by atoms with Gasteiger partial charge in [-0.05, 0) is 45.7 Å². The second-order valence-corrected chi connectivity index (χ2v) is 9.10. The molecule has 1 N–H and O–H groups in total. The number of unbranched alkanes of at least 4 members (excludes halogenated alkanes) is 12. The second-order valence-electron chi connectivity index (χ2n) is 7.53. The Hall–Kier alpha value is 1.61. The molecule has 0 bridgehead atoms. The summed E-state index contributed by atoms with van der Waals surface area (Å²) < 4.78 is 30.1. The van der Waals surface area contributed by atoms with Crippen LogP contribution in [-0.4, -0.2) is 43.8 Å². The Morgan fingerprint density at radius 3 is 1.64 bits per heavy atom. The molecule has 0 aliphatic heterocycles. The fraction of sp³-hybridized carbons (Fsp3) is 0.905. The van der Waals surface area contributed by atoms with E-state index in [0.717, 1.165) is 13.0 Å². The summed E-state index contributed by atoms with van der Waals surface area (Å²) in [4.78, 5) is 1.97. The fourth-order valence-electron chi connectivity index (χ4n) is 3.01. The topological polar surface area (TPSA) is 57.6 Å². The van der Waals surface area contributed by atoms with Gasteiger partial charge in [0.15, 0.2) is 0 Å². The van der Waals surface area contributed by atoms with Crippen LogP contribution in [-0.2, 0) is 10.1 Å². The Balaban J connectivity index is -0.000000521. The molecule has 0 saturated heterocycles. The molecular weight excluding hydrogens is 392 g/mol. The molecule has 0 aromatic carbocycles. The van der Waals surface area contributed by atoms with Crippen LogP contribution in [0.1, 0.15) is 99.7 Å². The van der Waals surface area contributed by atoms with E-state index < -0.39 is 10.1 Å². The van der Waals surface area contributed by atoms with Crippen molar-refractivity contribution in [1.29, 1.82) is 0 Å². The molecule has 0 aromatic rings. The molecule has 0 atom stereocenters. The predicted molar refractivity (Wildman–Crippen MR) is 116 cm³/mol. The predicted octanol–water partition coefficient (Wildman–Crippen LogP) is 0.0765. The quantitative estimate of drug-likeness (QED) is 0.135. The van der Waals surface area contributed by atoms with Crippen LogP contribution < -0.4 is 59.1 Å². The van der Waals surface area contributed by atoms with E-state index in [2.05, 4.69) is 19.1 Å². The normalized spacial score (nSPS) is 11.6. The first-order valence-electron chi connectivity index (χ1n) is 10.7. The number of hydrogen-bond donors (Lipinski definition) is 1. The Morgan fingerprint density at radius 1 is 0.750 bits per heavy atom. The average molecular weight is 438 g/mol. The van der Waals surface area contributed by atoms with Gasteiger partial charge in [0, 0.05) is 6.54 Å². The van der Waals surface area contributed by atoms with Crippen LogP contribution in [0.15, 0.2) is 12.2 Å². The molecule has 0 amide bonds. The Morgan fingerprint density at radius 2 is 1.18 bits per heavy atom. The van der Waals surface area contributed by atoms with E-state index in [9.17, 15) is 8.42 Å². The number of nitrogens with zero attached hydrogens (tertiary/aromatic N) is 1. The molecule has 0 saturated carbocycles. The smallest absolute Gasteiger partial charge is 1.00 e. The van der Waals surface area contributed by atoms with Crippen LogP contribution in [0.2, 0.25) is 0 Å². The third-order valence-electron chi connectivity index (χ3n) is 4.78. The van der Waals surface area contributed by atoms with Crippen molar-refractivity contribution in [3.05, 3.63) is 12.2 Å². The average Bonchev–Trinajstić information content (AvgIpc) is 2.59. The summed E-state index contributed by atoms with van der Waals surface area (Å²) in [5.41, 5.74) is 0. The van der Waals surface area contributed by atoms with Crippen LogP contribution in [0.25, 0.3) is 0 Å². The van der Waals surface area contributed by atoms with Gasteiger partial charge in [0.1, 0.15) is 0 Å². The van der Waals surface area contributed by atoms with Crippen LogP contribution in [0.5, 0.6) is 0 Å². The number of rotatable bonds is 19. The van der Waals surface area contributed by atoms with Gasteiger partial charge in [-0.2, -0.15) is 8.42 Å². The van der Waals surface area contributed by atoms with E-state index in [0.29, 0.717) is 6.54 Å². The van der Waals surface area contributed by atoms with Crippen molar-refractivity contribution in [2.75, 3.05) is 25.9 Å². The third kappa shape index (κ3) is 29.8. The van der Waals surface area contributed by atoms with Gasteiger partial charge in [-0.1, -0.05) is 76.9 Å². The minimum absolute atomic E-state index is 0. The van der Waals surface area contributed by atoms with Gasteiger partial charge >= 0.3 is 59.1 Å². The van der Waals surface area contributed by atoms with Crippen molar-refractivity contribution in [3.63, 3.8) is 0 Å². The van der Waals surface area contributed by atoms with E-state index in [4.69, 9.17) is 4.55 Å². The van der Waals surface area contributed by atoms with Crippen molar-refractivity contribution >= 4 is 10.1 Å². The Kier molecular flexibility index (Phi) is 30.4. The van der Waals surface area contributed by atoms with Crippen LogP contribution in [0.3, 0.4) is 0 Å². The summed E-state index contributed by atoms with van der Waals surface area (Å²) in [6.07, 6.45) is 22.9. The van der Waals surface area contributed by atoms with Crippen molar-refractivity contribution in [2.24, 2.45) is 0 Å². The monoisotopic (exact) mass is 437 g/mol. The van der Waals surface area contributed by atoms with E-state index >= 15 is 0 Å². The summed E-state index contributed by atoms with van der Waals surface area (Å²) in [6, 6.07) is 0. The third-order valence-corrected chi connectivity index (χ3v) is 5.48. The zero-order valence-corrected chi connectivity index (χ0v) is 24.1. The largest absolute Gasteiger partial charge is 1.00 e. The molecule has 0 spiro atoms. The minimum atomic E-state index is -3.83.